The number of carbonyl (C=O) groups is 1. The Kier molecular flexibility index (Phi) is 5.25. The average molecular weight is 242 g/mol. The van der Waals surface area contributed by atoms with E-state index in [2.05, 4.69) is 5.32 Å². The van der Waals surface area contributed by atoms with Crippen LogP contribution in [0.2, 0.25) is 0 Å². The van der Waals surface area contributed by atoms with Crippen molar-refractivity contribution in [3.05, 3.63) is 0 Å². The Morgan fingerprint density at radius 3 is 2.47 bits per heavy atom. The molecule has 1 aliphatic rings. The fourth-order valence-corrected chi connectivity index (χ4v) is 2.24. The number of ether oxygens (including phenoxy) is 1. The molecule has 4 heteroatoms. The molecule has 4 nitrogen and oxygen atoms in total. The highest BCUT2D eigenvalue weighted by molar-refractivity contribution is 5.67. The maximum Gasteiger partial charge on any atom is 0.407 e. The first-order valence-corrected chi connectivity index (χ1v) is 6.61. The molecule has 1 amide bonds. The number of hydrogen-bond donors (Lipinski definition) is 2. The van der Waals surface area contributed by atoms with Crippen LogP contribution >= 0.6 is 0 Å². The van der Waals surface area contributed by atoms with Gasteiger partial charge in [-0.05, 0) is 39.5 Å². The summed E-state index contributed by atoms with van der Waals surface area (Å²) in [6.07, 6.45) is 5.87. The van der Waals surface area contributed by atoms with Crippen LogP contribution in [-0.2, 0) is 4.74 Å². The highest BCUT2D eigenvalue weighted by Crippen LogP contribution is 2.25. The monoisotopic (exact) mass is 242 g/mol. The third-order valence-electron chi connectivity index (χ3n) is 3.14. The van der Waals surface area contributed by atoms with Crippen LogP contribution in [0, 0.1) is 5.92 Å². The molecule has 0 aromatic rings. The number of rotatable bonds is 3. The van der Waals surface area contributed by atoms with Crippen molar-refractivity contribution in [3.63, 3.8) is 0 Å². The molecule has 1 fully saturated rings. The van der Waals surface area contributed by atoms with Gasteiger partial charge in [-0.3, -0.25) is 0 Å². The molecule has 0 spiro atoms. The van der Waals surface area contributed by atoms with Crippen LogP contribution < -0.4 is 11.1 Å². The lowest BCUT2D eigenvalue weighted by atomic mass is 9.84. The summed E-state index contributed by atoms with van der Waals surface area (Å²) in [6, 6.07) is 0.0582. The van der Waals surface area contributed by atoms with Gasteiger partial charge in [0.2, 0.25) is 0 Å². The first kappa shape index (κ1) is 14.3. The van der Waals surface area contributed by atoms with Crippen molar-refractivity contribution in [3.8, 4) is 0 Å². The van der Waals surface area contributed by atoms with Crippen LogP contribution in [0.15, 0.2) is 0 Å². The number of amides is 1. The number of carbonyl (C=O) groups excluding carboxylic acids is 1. The van der Waals surface area contributed by atoms with E-state index in [4.69, 9.17) is 10.5 Å². The quantitative estimate of drug-likeness (QED) is 0.799. The molecular weight excluding hydrogens is 216 g/mol. The van der Waals surface area contributed by atoms with Gasteiger partial charge in [0.25, 0.3) is 0 Å². The minimum atomic E-state index is -0.445. The second-order valence-electron chi connectivity index (χ2n) is 5.94. The standard InChI is InChI=1S/C13H26N2O2/c1-13(2,3)17-12(16)15-9-11(14)10-7-5-4-6-8-10/h10-11H,4-9,14H2,1-3H3,(H,15,16). The van der Waals surface area contributed by atoms with Crippen LogP contribution in [0.25, 0.3) is 0 Å². The zero-order valence-corrected chi connectivity index (χ0v) is 11.3. The van der Waals surface area contributed by atoms with E-state index in [-0.39, 0.29) is 12.1 Å². The lowest BCUT2D eigenvalue weighted by Gasteiger charge is -2.28. The smallest absolute Gasteiger partial charge is 0.407 e. The van der Waals surface area contributed by atoms with Crippen molar-refractivity contribution in [1.82, 2.24) is 5.32 Å². The molecule has 0 bridgehead atoms. The second kappa shape index (κ2) is 6.24. The van der Waals surface area contributed by atoms with Gasteiger partial charge in [0.15, 0.2) is 0 Å². The number of nitrogens with two attached hydrogens (primary N) is 1. The van der Waals surface area contributed by atoms with E-state index in [0.717, 1.165) is 0 Å². The Morgan fingerprint density at radius 1 is 1.35 bits per heavy atom. The van der Waals surface area contributed by atoms with Gasteiger partial charge < -0.3 is 15.8 Å². The summed E-state index contributed by atoms with van der Waals surface area (Å²) in [4.78, 5) is 11.5. The van der Waals surface area contributed by atoms with E-state index in [1.807, 2.05) is 20.8 Å². The molecule has 1 atom stereocenters. The molecule has 0 saturated heterocycles. The number of nitrogens with one attached hydrogen (secondary N) is 1. The Bertz CT molecular complexity index is 242. The fourth-order valence-electron chi connectivity index (χ4n) is 2.24. The maximum absolute atomic E-state index is 11.5. The number of hydrogen-bond acceptors (Lipinski definition) is 3. The zero-order chi connectivity index (χ0) is 12.9. The van der Waals surface area contributed by atoms with Crippen LogP contribution in [0.3, 0.4) is 0 Å². The van der Waals surface area contributed by atoms with Crippen molar-refractivity contribution >= 4 is 6.09 Å². The van der Waals surface area contributed by atoms with Crippen molar-refractivity contribution in [2.45, 2.75) is 64.5 Å². The third-order valence-corrected chi connectivity index (χ3v) is 3.14. The van der Waals surface area contributed by atoms with E-state index < -0.39 is 5.60 Å². The Balaban J connectivity index is 2.22. The van der Waals surface area contributed by atoms with Gasteiger partial charge in [0.1, 0.15) is 5.60 Å². The van der Waals surface area contributed by atoms with Gasteiger partial charge in [-0.25, -0.2) is 4.79 Å². The van der Waals surface area contributed by atoms with E-state index >= 15 is 0 Å². The lowest BCUT2D eigenvalue weighted by molar-refractivity contribution is 0.0519. The minimum absolute atomic E-state index is 0.0582. The van der Waals surface area contributed by atoms with Crippen LogP contribution in [0.5, 0.6) is 0 Å². The maximum atomic E-state index is 11.5. The van der Waals surface area contributed by atoms with Gasteiger partial charge >= 0.3 is 6.09 Å². The summed E-state index contributed by atoms with van der Waals surface area (Å²) in [6.45, 7) is 6.08. The van der Waals surface area contributed by atoms with Gasteiger partial charge in [-0.2, -0.15) is 0 Å². The highest BCUT2D eigenvalue weighted by atomic mass is 16.6. The van der Waals surface area contributed by atoms with Crippen molar-refractivity contribution in [2.75, 3.05) is 6.54 Å². The fraction of sp³-hybridized carbons (Fsp3) is 0.923. The molecule has 100 valence electrons. The van der Waals surface area contributed by atoms with Crippen LogP contribution in [0.4, 0.5) is 4.79 Å². The van der Waals surface area contributed by atoms with Gasteiger partial charge in [0, 0.05) is 12.6 Å². The zero-order valence-electron chi connectivity index (χ0n) is 11.3. The third kappa shape index (κ3) is 5.91. The molecule has 0 aliphatic heterocycles. The molecule has 3 N–H and O–H groups in total. The highest BCUT2D eigenvalue weighted by Gasteiger charge is 2.22. The van der Waals surface area contributed by atoms with E-state index in [1.165, 1.54) is 32.1 Å². The van der Waals surface area contributed by atoms with E-state index in [9.17, 15) is 4.79 Å². The van der Waals surface area contributed by atoms with Crippen LogP contribution in [-0.4, -0.2) is 24.3 Å². The largest absolute Gasteiger partial charge is 0.444 e. The molecule has 0 aromatic heterocycles. The minimum Gasteiger partial charge on any atom is -0.444 e. The van der Waals surface area contributed by atoms with Gasteiger partial charge in [-0.15, -0.1) is 0 Å². The lowest BCUT2D eigenvalue weighted by Crippen LogP contribution is -2.44. The van der Waals surface area contributed by atoms with E-state index in [0.29, 0.717) is 12.5 Å². The molecule has 0 aromatic carbocycles. The van der Waals surface area contributed by atoms with Crippen molar-refractivity contribution < 1.29 is 9.53 Å². The van der Waals surface area contributed by atoms with Crippen molar-refractivity contribution in [2.24, 2.45) is 11.7 Å². The van der Waals surface area contributed by atoms with Gasteiger partial charge in [-0.1, -0.05) is 19.3 Å². The summed E-state index contributed by atoms with van der Waals surface area (Å²) in [5.41, 5.74) is 5.64. The molecule has 17 heavy (non-hydrogen) atoms. The molecule has 0 radical (unpaired) electrons. The van der Waals surface area contributed by atoms with Crippen LogP contribution in [0.1, 0.15) is 52.9 Å². The predicted molar refractivity (Wildman–Crippen MR) is 68.8 cm³/mol. The Morgan fingerprint density at radius 2 is 1.94 bits per heavy atom. The predicted octanol–water partition coefficient (Wildman–Crippen LogP) is 2.42. The Labute approximate surface area is 104 Å². The molecule has 1 saturated carbocycles. The normalized spacial score (nSPS) is 19.8. The SMILES string of the molecule is CC(C)(C)OC(=O)NCC(N)C1CCCCC1. The first-order valence-electron chi connectivity index (χ1n) is 6.61. The average Bonchev–Trinajstić information content (AvgIpc) is 2.25. The summed E-state index contributed by atoms with van der Waals surface area (Å²) in [5.74, 6) is 0.554. The molecule has 1 aliphatic carbocycles. The van der Waals surface area contributed by atoms with E-state index in [1.54, 1.807) is 0 Å². The summed E-state index contributed by atoms with van der Waals surface area (Å²) >= 11 is 0. The summed E-state index contributed by atoms with van der Waals surface area (Å²) in [7, 11) is 0. The number of alkyl carbamates (subject to hydrolysis) is 1. The van der Waals surface area contributed by atoms with Crippen molar-refractivity contribution in [1.29, 1.82) is 0 Å². The Hall–Kier alpha value is -0.770. The molecule has 1 unspecified atom stereocenters. The molecule has 1 rings (SSSR count). The second-order valence-corrected chi connectivity index (χ2v) is 5.94. The molecular formula is C13H26N2O2. The summed E-state index contributed by atoms with van der Waals surface area (Å²) < 4.78 is 5.17. The summed E-state index contributed by atoms with van der Waals surface area (Å²) in [5, 5.41) is 2.75. The molecule has 0 heterocycles. The topological polar surface area (TPSA) is 64.3 Å². The van der Waals surface area contributed by atoms with Gasteiger partial charge in [0.05, 0.1) is 0 Å². The first-order chi connectivity index (χ1) is 7.88.